The smallest absolute Gasteiger partial charge is 0.407 e. The molecule has 0 unspecified atom stereocenters. The molecule has 8 nitrogen and oxygen atoms in total. The normalized spacial score (nSPS) is 15.8. The summed E-state index contributed by atoms with van der Waals surface area (Å²) in [4.78, 5) is 19.9. The van der Waals surface area contributed by atoms with Gasteiger partial charge in [0, 0.05) is 35.8 Å². The molecule has 1 amide bonds. The Kier molecular flexibility index (Phi) is 4.10. The van der Waals surface area contributed by atoms with Gasteiger partial charge in [0.2, 0.25) is 0 Å². The number of rotatable bonds is 4. The van der Waals surface area contributed by atoms with E-state index in [1.165, 1.54) is 4.90 Å². The minimum atomic E-state index is -0.875. The number of hydrogen-bond donors (Lipinski definition) is 2. The van der Waals surface area contributed by atoms with Crippen molar-refractivity contribution in [1.82, 2.24) is 20.0 Å². The zero-order valence-corrected chi connectivity index (χ0v) is 13.5. The summed E-state index contributed by atoms with van der Waals surface area (Å²) in [5.74, 6) is 0.952. The summed E-state index contributed by atoms with van der Waals surface area (Å²) in [5, 5.41) is 14.0. The Bertz CT molecular complexity index is 880. The first-order valence-electron chi connectivity index (χ1n) is 8.19. The number of carbonyl (C=O) groups is 1. The van der Waals surface area contributed by atoms with E-state index in [0.717, 1.165) is 16.5 Å². The molecule has 25 heavy (non-hydrogen) atoms. The van der Waals surface area contributed by atoms with Gasteiger partial charge in [-0.3, -0.25) is 0 Å². The molecule has 4 rings (SSSR count). The number of nitrogens with one attached hydrogen (secondary N) is 1. The maximum Gasteiger partial charge on any atom is 0.407 e. The Morgan fingerprint density at radius 1 is 1.36 bits per heavy atom. The molecule has 1 aromatic carbocycles. The molecule has 1 aliphatic rings. The molecule has 130 valence electrons. The number of carboxylic acid groups (broad SMARTS) is 1. The van der Waals surface area contributed by atoms with E-state index in [2.05, 4.69) is 15.1 Å². The molecule has 1 fully saturated rings. The molecular formula is C17H18N4O4. The Morgan fingerprint density at radius 2 is 2.20 bits per heavy atom. The maximum absolute atomic E-state index is 10.9. The van der Waals surface area contributed by atoms with Gasteiger partial charge >= 0.3 is 6.09 Å². The van der Waals surface area contributed by atoms with E-state index in [-0.39, 0.29) is 12.7 Å². The highest BCUT2D eigenvalue weighted by Crippen LogP contribution is 2.27. The molecule has 3 heterocycles. The number of hydrogen-bond acceptors (Lipinski definition) is 5. The van der Waals surface area contributed by atoms with Crippen LogP contribution in [0.1, 0.15) is 18.7 Å². The van der Waals surface area contributed by atoms with Crippen LogP contribution in [0.2, 0.25) is 0 Å². The van der Waals surface area contributed by atoms with Crippen LogP contribution in [-0.4, -0.2) is 50.4 Å². The summed E-state index contributed by atoms with van der Waals surface area (Å²) in [7, 11) is 0. The number of aromatic amines is 1. The monoisotopic (exact) mass is 342 g/mol. The summed E-state index contributed by atoms with van der Waals surface area (Å²) in [6.45, 7) is 1.24. The standard InChI is InChI=1S/C17H18N4O4/c22-17(23)21-8-5-11(6-9-21)24-10-15-19-16(25-20-15)13-2-1-3-14-12(13)4-7-18-14/h1-4,7,11,18H,5-6,8-10H2,(H,22,23). The first-order chi connectivity index (χ1) is 12.2. The van der Waals surface area contributed by atoms with Crippen molar-refractivity contribution in [1.29, 1.82) is 0 Å². The summed E-state index contributed by atoms with van der Waals surface area (Å²) in [6.07, 6.45) is 2.38. The minimum absolute atomic E-state index is 0.0191. The first kappa shape index (κ1) is 15.6. The van der Waals surface area contributed by atoms with Crippen molar-refractivity contribution in [3.8, 4) is 11.5 Å². The van der Waals surface area contributed by atoms with Gasteiger partial charge in [-0.15, -0.1) is 0 Å². The SMILES string of the molecule is O=C(O)N1CCC(OCc2noc(-c3cccc4[nH]ccc34)n2)CC1. The Morgan fingerprint density at radius 3 is 3.00 bits per heavy atom. The second kappa shape index (κ2) is 6.56. The highest BCUT2D eigenvalue weighted by Gasteiger charge is 2.23. The summed E-state index contributed by atoms with van der Waals surface area (Å²) < 4.78 is 11.2. The molecule has 1 saturated heterocycles. The highest BCUT2D eigenvalue weighted by molar-refractivity contribution is 5.92. The number of likely N-dealkylation sites (tertiary alicyclic amines) is 1. The fourth-order valence-corrected chi connectivity index (χ4v) is 3.10. The van der Waals surface area contributed by atoms with Crippen LogP contribution < -0.4 is 0 Å². The molecule has 3 aromatic rings. The molecule has 0 bridgehead atoms. The quantitative estimate of drug-likeness (QED) is 0.755. The molecule has 0 aliphatic carbocycles. The number of amides is 1. The van der Waals surface area contributed by atoms with E-state index in [0.29, 0.717) is 37.6 Å². The molecule has 0 radical (unpaired) electrons. The third kappa shape index (κ3) is 3.20. The van der Waals surface area contributed by atoms with Crippen LogP contribution in [0.25, 0.3) is 22.4 Å². The molecule has 2 aromatic heterocycles. The van der Waals surface area contributed by atoms with E-state index in [1.807, 2.05) is 30.5 Å². The highest BCUT2D eigenvalue weighted by atomic mass is 16.5. The largest absolute Gasteiger partial charge is 0.465 e. The van der Waals surface area contributed by atoms with Gasteiger partial charge in [-0.1, -0.05) is 11.2 Å². The lowest BCUT2D eigenvalue weighted by Crippen LogP contribution is -2.40. The molecule has 0 atom stereocenters. The fraction of sp³-hybridized carbons (Fsp3) is 0.353. The lowest BCUT2D eigenvalue weighted by molar-refractivity contribution is -0.00294. The minimum Gasteiger partial charge on any atom is -0.465 e. The Balaban J connectivity index is 1.39. The van der Waals surface area contributed by atoms with E-state index >= 15 is 0 Å². The van der Waals surface area contributed by atoms with Crippen molar-refractivity contribution >= 4 is 17.0 Å². The number of aromatic nitrogens is 3. The van der Waals surface area contributed by atoms with Crippen LogP contribution in [0.15, 0.2) is 35.0 Å². The average Bonchev–Trinajstić information content (AvgIpc) is 3.29. The van der Waals surface area contributed by atoms with E-state index in [9.17, 15) is 4.79 Å². The number of H-pyrrole nitrogens is 1. The van der Waals surface area contributed by atoms with Crippen molar-refractivity contribution in [3.05, 3.63) is 36.3 Å². The van der Waals surface area contributed by atoms with E-state index in [1.54, 1.807) is 0 Å². The van der Waals surface area contributed by atoms with Crippen molar-refractivity contribution in [2.75, 3.05) is 13.1 Å². The zero-order chi connectivity index (χ0) is 17.2. The van der Waals surface area contributed by atoms with Crippen molar-refractivity contribution in [2.45, 2.75) is 25.6 Å². The number of benzene rings is 1. The number of fused-ring (bicyclic) bond motifs is 1. The van der Waals surface area contributed by atoms with E-state index in [4.69, 9.17) is 14.4 Å². The van der Waals surface area contributed by atoms with Gasteiger partial charge in [-0.05, 0) is 31.0 Å². The fourth-order valence-electron chi connectivity index (χ4n) is 3.10. The second-order valence-electron chi connectivity index (χ2n) is 6.04. The predicted octanol–water partition coefficient (Wildman–Crippen LogP) is 2.88. The predicted molar refractivity (Wildman–Crippen MR) is 89.0 cm³/mol. The van der Waals surface area contributed by atoms with Gasteiger partial charge in [-0.25, -0.2) is 4.79 Å². The van der Waals surface area contributed by atoms with Gasteiger partial charge < -0.3 is 24.3 Å². The van der Waals surface area contributed by atoms with Crippen LogP contribution in [0.4, 0.5) is 4.79 Å². The maximum atomic E-state index is 10.9. The van der Waals surface area contributed by atoms with Crippen molar-refractivity contribution in [2.24, 2.45) is 0 Å². The van der Waals surface area contributed by atoms with Crippen LogP contribution >= 0.6 is 0 Å². The summed E-state index contributed by atoms with van der Waals surface area (Å²) in [6, 6.07) is 7.84. The molecule has 0 saturated carbocycles. The van der Waals surface area contributed by atoms with Crippen LogP contribution in [0.5, 0.6) is 0 Å². The lowest BCUT2D eigenvalue weighted by atomic mass is 10.1. The van der Waals surface area contributed by atoms with Crippen LogP contribution in [-0.2, 0) is 11.3 Å². The average molecular weight is 342 g/mol. The molecule has 1 aliphatic heterocycles. The van der Waals surface area contributed by atoms with Crippen molar-refractivity contribution < 1.29 is 19.2 Å². The number of piperidine rings is 1. The zero-order valence-electron chi connectivity index (χ0n) is 13.5. The second-order valence-corrected chi connectivity index (χ2v) is 6.04. The summed E-state index contributed by atoms with van der Waals surface area (Å²) >= 11 is 0. The molecule has 2 N–H and O–H groups in total. The third-order valence-corrected chi connectivity index (χ3v) is 4.45. The van der Waals surface area contributed by atoms with Crippen LogP contribution in [0, 0.1) is 0 Å². The van der Waals surface area contributed by atoms with Gasteiger partial charge in [0.05, 0.1) is 6.10 Å². The molecule has 0 spiro atoms. The Hall–Kier alpha value is -2.87. The van der Waals surface area contributed by atoms with Gasteiger partial charge in [0.25, 0.3) is 5.89 Å². The van der Waals surface area contributed by atoms with Gasteiger partial charge in [-0.2, -0.15) is 4.98 Å². The topological polar surface area (TPSA) is 104 Å². The number of nitrogens with zero attached hydrogens (tertiary/aromatic N) is 3. The van der Waals surface area contributed by atoms with Crippen LogP contribution in [0.3, 0.4) is 0 Å². The van der Waals surface area contributed by atoms with Crippen molar-refractivity contribution in [3.63, 3.8) is 0 Å². The van der Waals surface area contributed by atoms with E-state index < -0.39 is 6.09 Å². The summed E-state index contributed by atoms with van der Waals surface area (Å²) in [5.41, 5.74) is 1.89. The molecular weight excluding hydrogens is 324 g/mol. The third-order valence-electron chi connectivity index (χ3n) is 4.45. The molecule has 8 heteroatoms. The Labute approximate surface area is 143 Å². The van der Waals surface area contributed by atoms with Gasteiger partial charge in [0.1, 0.15) is 6.61 Å². The van der Waals surface area contributed by atoms with Gasteiger partial charge in [0.15, 0.2) is 5.82 Å². The first-order valence-corrected chi connectivity index (χ1v) is 8.19. The lowest BCUT2D eigenvalue weighted by Gasteiger charge is -2.29. The number of ether oxygens (including phenoxy) is 1.